The molecule has 2 rings (SSSR count). The molecular formula is C19H29N3O3. The van der Waals surface area contributed by atoms with Crippen molar-refractivity contribution >= 4 is 11.8 Å². The Kier molecular flexibility index (Phi) is 7.25. The highest BCUT2D eigenvalue weighted by molar-refractivity contribution is 5.97. The highest BCUT2D eigenvalue weighted by atomic mass is 16.5. The van der Waals surface area contributed by atoms with Gasteiger partial charge in [0, 0.05) is 32.7 Å². The number of hydrogen-bond acceptors (Lipinski definition) is 4. The number of piperazine rings is 1. The number of ether oxygens (including phenoxy) is 1. The molecule has 6 nitrogen and oxygen atoms in total. The Labute approximate surface area is 150 Å². The van der Waals surface area contributed by atoms with Gasteiger partial charge in [-0.15, -0.1) is 0 Å². The summed E-state index contributed by atoms with van der Waals surface area (Å²) in [4.78, 5) is 28.6. The average molecular weight is 347 g/mol. The van der Waals surface area contributed by atoms with Gasteiger partial charge in [-0.25, -0.2) is 0 Å². The average Bonchev–Trinajstić information content (AvgIpc) is 2.61. The molecule has 1 N–H and O–H groups in total. The van der Waals surface area contributed by atoms with Gasteiger partial charge in [0.2, 0.25) is 5.91 Å². The standard InChI is InChI=1S/C19H29N3O3/c1-4-25-17-8-6-5-7-16(17)19(24)22-11-9-21(10-12-22)14-18(23)20-13-15(2)3/h5-8,15H,4,9-14H2,1-3H3,(H,20,23). The lowest BCUT2D eigenvalue weighted by Crippen LogP contribution is -2.51. The van der Waals surface area contributed by atoms with Gasteiger partial charge in [0.05, 0.1) is 18.7 Å². The van der Waals surface area contributed by atoms with Crippen LogP contribution < -0.4 is 10.1 Å². The SMILES string of the molecule is CCOc1ccccc1C(=O)N1CCN(CC(=O)NCC(C)C)CC1. The van der Waals surface area contributed by atoms with E-state index in [0.29, 0.717) is 63.1 Å². The second-order valence-corrected chi connectivity index (χ2v) is 6.70. The lowest BCUT2D eigenvalue weighted by atomic mass is 10.1. The first-order chi connectivity index (χ1) is 12.0. The monoisotopic (exact) mass is 347 g/mol. The maximum absolute atomic E-state index is 12.7. The number of benzene rings is 1. The van der Waals surface area contributed by atoms with Crippen LogP contribution in [0.4, 0.5) is 0 Å². The Morgan fingerprint density at radius 1 is 1.16 bits per heavy atom. The number of carbonyl (C=O) groups is 2. The van der Waals surface area contributed by atoms with Crippen LogP contribution in [0.5, 0.6) is 5.75 Å². The molecule has 1 saturated heterocycles. The molecule has 1 heterocycles. The predicted octanol–water partition coefficient (Wildman–Crippen LogP) is 1.62. The van der Waals surface area contributed by atoms with Crippen LogP contribution in [0, 0.1) is 5.92 Å². The minimum atomic E-state index is -0.00652. The minimum Gasteiger partial charge on any atom is -0.493 e. The summed E-state index contributed by atoms with van der Waals surface area (Å²) in [6.45, 7) is 10.3. The number of nitrogens with one attached hydrogen (secondary N) is 1. The smallest absolute Gasteiger partial charge is 0.257 e. The van der Waals surface area contributed by atoms with Gasteiger partial charge in [-0.1, -0.05) is 26.0 Å². The Bertz CT molecular complexity index is 581. The van der Waals surface area contributed by atoms with Gasteiger partial charge in [0.15, 0.2) is 0 Å². The van der Waals surface area contributed by atoms with E-state index in [1.165, 1.54) is 0 Å². The highest BCUT2D eigenvalue weighted by Gasteiger charge is 2.25. The fourth-order valence-electron chi connectivity index (χ4n) is 2.78. The number of rotatable bonds is 7. The van der Waals surface area contributed by atoms with E-state index < -0.39 is 0 Å². The van der Waals surface area contributed by atoms with Gasteiger partial charge >= 0.3 is 0 Å². The van der Waals surface area contributed by atoms with Gasteiger partial charge in [-0.2, -0.15) is 0 Å². The zero-order chi connectivity index (χ0) is 18.2. The van der Waals surface area contributed by atoms with E-state index in [9.17, 15) is 9.59 Å². The molecule has 0 saturated carbocycles. The molecule has 0 bridgehead atoms. The molecular weight excluding hydrogens is 318 g/mol. The lowest BCUT2D eigenvalue weighted by molar-refractivity contribution is -0.122. The zero-order valence-corrected chi connectivity index (χ0v) is 15.5. The molecule has 0 radical (unpaired) electrons. The first kappa shape index (κ1) is 19.2. The number of amides is 2. The van der Waals surface area contributed by atoms with E-state index in [1.54, 1.807) is 6.07 Å². The normalized spacial score (nSPS) is 15.3. The molecule has 138 valence electrons. The minimum absolute atomic E-state index is 0.00652. The van der Waals surface area contributed by atoms with Gasteiger partial charge < -0.3 is 15.0 Å². The molecule has 0 unspecified atom stereocenters. The summed E-state index contributed by atoms with van der Waals surface area (Å²) in [7, 11) is 0. The van der Waals surface area contributed by atoms with Crippen LogP contribution in [0.25, 0.3) is 0 Å². The molecule has 1 aromatic rings. The van der Waals surface area contributed by atoms with E-state index in [2.05, 4.69) is 24.1 Å². The first-order valence-corrected chi connectivity index (χ1v) is 9.01. The lowest BCUT2D eigenvalue weighted by Gasteiger charge is -2.34. The van der Waals surface area contributed by atoms with Crippen LogP contribution in [-0.2, 0) is 4.79 Å². The van der Waals surface area contributed by atoms with Gasteiger partial charge in [-0.3, -0.25) is 14.5 Å². The summed E-state index contributed by atoms with van der Waals surface area (Å²) in [6.07, 6.45) is 0. The van der Waals surface area contributed by atoms with E-state index >= 15 is 0 Å². The van der Waals surface area contributed by atoms with Crippen molar-refractivity contribution in [1.82, 2.24) is 15.1 Å². The molecule has 1 aromatic carbocycles. The van der Waals surface area contributed by atoms with Crippen molar-refractivity contribution in [1.29, 1.82) is 0 Å². The van der Waals surface area contributed by atoms with Crippen LogP contribution in [0.2, 0.25) is 0 Å². The maximum Gasteiger partial charge on any atom is 0.257 e. The first-order valence-electron chi connectivity index (χ1n) is 9.01. The number of nitrogens with zero attached hydrogens (tertiary/aromatic N) is 2. The zero-order valence-electron chi connectivity index (χ0n) is 15.5. The summed E-state index contributed by atoms with van der Waals surface area (Å²) >= 11 is 0. The second-order valence-electron chi connectivity index (χ2n) is 6.70. The Morgan fingerprint density at radius 3 is 2.48 bits per heavy atom. The topological polar surface area (TPSA) is 61.9 Å². The molecule has 0 atom stereocenters. The molecule has 25 heavy (non-hydrogen) atoms. The predicted molar refractivity (Wildman–Crippen MR) is 97.8 cm³/mol. The molecule has 2 amide bonds. The summed E-state index contributed by atoms with van der Waals surface area (Å²) in [5.41, 5.74) is 0.604. The van der Waals surface area contributed by atoms with Crippen molar-refractivity contribution in [3.05, 3.63) is 29.8 Å². The van der Waals surface area contributed by atoms with Crippen molar-refractivity contribution in [2.75, 3.05) is 45.9 Å². The van der Waals surface area contributed by atoms with E-state index in [-0.39, 0.29) is 11.8 Å². The van der Waals surface area contributed by atoms with Crippen molar-refractivity contribution in [2.45, 2.75) is 20.8 Å². The summed E-state index contributed by atoms with van der Waals surface area (Å²) in [5.74, 6) is 1.12. The molecule has 1 aliphatic heterocycles. The van der Waals surface area contributed by atoms with E-state index in [0.717, 1.165) is 0 Å². The highest BCUT2D eigenvalue weighted by Crippen LogP contribution is 2.20. The van der Waals surface area contributed by atoms with Gasteiger partial charge in [0.25, 0.3) is 5.91 Å². The molecule has 0 aromatic heterocycles. The van der Waals surface area contributed by atoms with Crippen LogP contribution in [0.15, 0.2) is 24.3 Å². The molecule has 0 aliphatic carbocycles. The fraction of sp³-hybridized carbons (Fsp3) is 0.579. The van der Waals surface area contributed by atoms with Crippen LogP contribution in [-0.4, -0.2) is 67.5 Å². The van der Waals surface area contributed by atoms with E-state index in [1.807, 2.05) is 30.0 Å². The van der Waals surface area contributed by atoms with E-state index in [4.69, 9.17) is 4.74 Å². The Balaban J connectivity index is 1.85. The second kappa shape index (κ2) is 9.42. The van der Waals surface area contributed by atoms with Crippen molar-refractivity contribution in [3.8, 4) is 5.75 Å². The molecule has 1 fully saturated rings. The maximum atomic E-state index is 12.7. The molecule has 0 spiro atoms. The largest absolute Gasteiger partial charge is 0.493 e. The Hall–Kier alpha value is -2.08. The molecule has 1 aliphatic rings. The molecule has 6 heteroatoms. The summed E-state index contributed by atoms with van der Waals surface area (Å²) < 4.78 is 5.56. The third-order valence-corrected chi connectivity index (χ3v) is 4.15. The summed E-state index contributed by atoms with van der Waals surface area (Å²) in [5, 5.41) is 2.93. The quantitative estimate of drug-likeness (QED) is 0.814. The number of hydrogen-bond donors (Lipinski definition) is 1. The summed E-state index contributed by atoms with van der Waals surface area (Å²) in [6, 6.07) is 7.35. The Morgan fingerprint density at radius 2 is 1.84 bits per heavy atom. The van der Waals surface area contributed by atoms with Crippen molar-refractivity contribution < 1.29 is 14.3 Å². The van der Waals surface area contributed by atoms with Crippen LogP contribution >= 0.6 is 0 Å². The van der Waals surface area contributed by atoms with Crippen molar-refractivity contribution in [3.63, 3.8) is 0 Å². The third-order valence-electron chi connectivity index (χ3n) is 4.15. The van der Waals surface area contributed by atoms with Gasteiger partial charge in [-0.05, 0) is 25.0 Å². The third kappa shape index (κ3) is 5.74. The van der Waals surface area contributed by atoms with Crippen molar-refractivity contribution in [2.24, 2.45) is 5.92 Å². The van der Waals surface area contributed by atoms with Gasteiger partial charge in [0.1, 0.15) is 5.75 Å². The van der Waals surface area contributed by atoms with Crippen LogP contribution in [0.3, 0.4) is 0 Å². The van der Waals surface area contributed by atoms with Crippen LogP contribution in [0.1, 0.15) is 31.1 Å². The number of carbonyl (C=O) groups excluding carboxylic acids is 2. The number of para-hydroxylation sites is 1. The fourth-order valence-corrected chi connectivity index (χ4v) is 2.78.